The molecule has 19 heavy (non-hydrogen) atoms. The van der Waals surface area contributed by atoms with Gasteiger partial charge in [-0.05, 0) is 24.6 Å². The number of hydrogen-bond acceptors (Lipinski definition) is 1. The number of aromatic amines is 1. The van der Waals surface area contributed by atoms with Crippen LogP contribution in [0.4, 0.5) is 4.39 Å². The third kappa shape index (κ3) is 3.43. The molecule has 0 saturated heterocycles. The Bertz CT molecular complexity index is 559. The maximum absolute atomic E-state index is 13.1. The number of fused-ring (bicyclic) bond motifs is 1. The number of carbonyl (C=O) groups is 1. The highest BCUT2D eigenvalue weighted by Gasteiger charge is 2.11. The molecule has 0 aliphatic carbocycles. The van der Waals surface area contributed by atoms with Crippen molar-refractivity contribution in [3.63, 3.8) is 0 Å². The van der Waals surface area contributed by atoms with Crippen LogP contribution in [0, 0.1) is 5.82 Å². The molecule has 0 unspecified atom stereocenters. The molecule has 1 N–H and O–H groups in total. The summed E-state index contributed by atoms with van der Waals surface area (Å²) in [6.07, 6.45) is 7.96. The Morgan fingerprint density at radius 1 is 1.21 bits per heavy atom. The Morgan fingerprint density at radius 2 is 2.00 bits per heavy atom. The van der Waals surface area contributed by atoms with Crippen LogP contribution in [0.25, 0.3) is 10.9 Å². The van der Waals surface area contributed by atoms with Gasteiger partial charge in [0.25, 0.3) is 0 Å². The summed E-state index contributed by atoms with van der Waals surface area (Å²) in [5, 5.41) is 0.819. The molecule has 1 aromatic heterocycles. The van der Waals surface area contributed by atoms with Gasteiger partial charge in [0.15, 0.2) is 5.78 Å². The molecular weight excluding hydrogens is 241 g/mol. The van der Waals surface area contributed by atoms with E-state index in [-0.39, 0.29) is 11.6 Å². The van der Waals surface area contributed by atoms with Crippen molar-refractivity contribution < 1.29 is 9.18 Å². The smallest absolute Gasteiger partial charge is 0.165 e. The highest BCUT2D eigenvalue weighted by molar-refractivity contribution is 6.07. The topological polar surface area (TPSA) is 32.9 Å². The minimum Gasteiger partial charge on any atom is -0.360 e. The number of H-pyrrole nitrogens is 1. The van der Waals surface area contributed by atoms with Crippen molar-refractivity contribution in [2.75, 3.05) is 0 Å². The second-order valence-corrected chi connectivity index (χ2v) is 4.98. The molecule has 0 spiro atoms. The molecule has 1 heterocycles. The zero-order chi connectivity index (χ0) is 13.7. The van der Waals surface area contributed by atoms with Gasteiger partial charge in [0.05, 0.1) is 0 Å². The number of benzene rings is 1. The molecule has 0 aliphatic rings. The number of aromatic nitrogens is 1. The van der Waals surface area contributed by atoms with E-state index in [2.05, 4.69) is 11.9 Å². The lowest BCUT2D eigenvalue weighted by Crippen LogP contribution is -1.97. The normalized spacial score (nSPS) is 11.1. The zero-order valence-corrected chi connectivity index (χ0v) is 11.3. The van der Waals surface area contributed by atoms with Crippen molar-refractivity contribution >= 4 is 16.7 Å². The van der Waals surface area contributed by atoms with Gasteiger partial charge in [-0.2, -0.15) is 0 Å². The van der Waals surface area contributed by atoms with Crippen molar-refractivity contribution in [1.82, 2.24) is 4.98 Å². The largest absolute Gasteiger partial charge is 0.360 e. The zero-order valence-electron chi connectivity index (χ0n) is 11.3. The number of nitrogens with one attached hydrogen (secondary N) is 1. The van der Waals surface area contributed by atoms with Crippen LogP contribution in [0.1, 0.15) is 55.8 Å². The van der Waals surface area contributed by atoms with E-state index in [1.165, 1.54) is 31.4 Å². The number of carbonyl (C=O) groups excluding carboxylic acids is 1. The molecule has 2 nitrogen and oxygen atoms in total. The summed E-state index contributed by atoms with van der Waals surface area (Å²) in [5.41, 5.74) is 1.37. The minimum absolute atomic E-state index is 0.148. The molecule has 102 valence electrons. The molecule has 0 radical (unpaired) electrons. The molecular formula is C16H20FNO. The fourth-order valence-corrected chi connectivity index (χ4v) is 2.35. The van der Waals surface area contributed by atoms with Gasteiger partial charge < -0.3 is 4.98 Å². The van der Waals surface area contributed by atoms with Crippen LogP contribution in [0.2, 0.25) is 0 Å². The molecule has 0 atom stereocenters. The molecule has 0 aliphatic heterocycles. The summed E-state index contributed by atoms with van der Waals surface area (Å²) in [5.74, 6) is -0.137. The maximum atomic E-state index is 13.1. The van der Waals surface area contributed by atoms with Crippen molar-refractivity contribution in [3.8, 4) is 0 Å². The number of rotatable bonds is 7. The van der Waals surface area contributed by atoms with Gasteiger partial charge in [-0.15, -0.1) is 0 Å². The minimum atomic E-state index is -0.284. The average molecular weight is 261 g/mol. The van der Waals surface area contributed by atoms with E-state index >= 15 is 0 Å². The fraction of sp³-hybridized carbons (Fsp3) is 0.438. The molecule has 0 fully saturated rings. The third-order valence-electron chi connectivity index (χ3n) is 3.45. The van der Waals surface area contributed by atoms with Crippen molar-refractivity contribution in [2.45, 2.75) is 45.4 Å². The number of unbranched alkanes of at least 4 members (excludes halogenated alkanes) is 4. The van der Waals surface area contributed by atoms with E-state index in [0.29, 0.717) is 17.5 Å². The van der Waals surface area contributed by atoms with Crippen LogP contribution >= 0.6 is 0 Å². The van der Waals surface area contributed by atoms with Gasteiger partial charge in [0.2, 0.25) is 0 Å². The lowest BCUT2D eigenvalue weighted by Gasteiger charge is -2.00. The molecule has 0 amide bonds. The average Bonchev–Trinajstić information content (AvgIpc) is 2.81. The van der Waals surface area contributed by atoms with Crippen LogP contribution < -0.4 is 0 Å². The monoisotopic (exact) mass is 261 g/mol. The number of halogens is 1. The van der Waals surface area contributed by atoms with Gasteiger partial charge in [-0.3, -0.25) is 4.79 Å². The van der Waals surface area contributed by atoms with Gasteiger partial charge >= 0.3 is 0 Å². The van der Waals surface area contributed by atoms with Crippen molar-refractivity contribution in [3.05, 3.63) is 35.8 Å². The lowest BCUT2D eigenvalue weighted by molar-refractivity contribution is 0.0980. The quantitative estimate of drug-likeness (QED) is 0.561. The van der Waals surface area contributed by atoms with Crippen LogP contribution in [0.3, 0.4) is 0 Å². The van der Waals surface area contributed by atoms with E-state index in [9.17, 15) is 9.18 Å². The standard InChI is InChI=1S/C16H20FNO/c1-2-3-4-5-6-7-16(19)14-11-18-15-10-12(17)8-9-13(14)15/h8-11,18H,2-7H2,1H3. The number of Topliss-reactive ketones (excluding diaryl/α,β-unsaturated/α-hetero) is 1. The van der Waals surface area contributed by atoms with E-state index in [0.717, 1.165) is 18.2 Å². The summed E-state index contributed by atoms with van der Waals surface area (Å²) in [6.45, 7) is 2.18. The summed E-state index contributed by atoms with van der Waals surface area (Å²) in [6, 6.07) is 4.49. The first kappa shape index (κ1) is 13.8. The summed E-state index contributed by atoms with van der Waals surface area (Å²) in [4.78, 5) is 15.1. The summed E-state index contributed by atoms with van der Waals surface area (Å²) in [7, 11) is 0. The lowest BCUT2D eigenvalue weighted by atomic mass is 10.0. The predicted octanol–water partition coefficient (Wildman–Crippen LogP) is 4.85. The Balaban J connectivity index is 1.97. The Kier molecular flexibility index (Phi) is 4.72. The van der Waals surface area contributed by atoms with Crippen molar-refractivity contribution in [1.29, 1.82) is 0 Å². The highest BCUT2D eigenvalue weighted by Crippen LogP contribution is 2.21. The predicted molar refractivity (Wildman–Crippen MR) is 76.0 cm³/mol. The molecule has 3 heteroatoms. The molecule has 0 saturated carbocycles. The van der Waals surface area contributed by atoms with Crippen LogP contribution in [-0.4, -0.2) is 10.8 Å². The Morgan fingerprint density at radius 3 is 2.79 bits per heavy atom. The maximum Gasteiger partial charge on any atom is 0.165 e. The van der Waals surface area contributed by atoms with Gasteiger partial charge in [-0.25, -0.2) is 4.39 Å². The molecule has 0 bridgehead atoms. The van der Waals surface area contributed by atoms with Gasteiger partial charge in [0.1, 0.15) is 5.82 Å². The van der Waals surface area contributed by atoms with Crippen LogP contribution in [0.5, 0.6) is 0 Å². The van der Waals surface area contributed by atoms with E-state index in [1.54, 1.807) is 12.3 Å². The second-order valence-electron chi connectivity index (χ2n) is 4.98. The highest BCUT2D eigenvalue weighted by atomic mass is 19.1. The first-order chi connectivity index (χ1) is 9.22. The second kappa shape index (κ2) is 6.50. The molecule has 2 rings (SSSR count). The van der Waals surface area contributed by atoms with Crippen LogP contribution in [-0.2, 0) is 0 Å². The van der Waals surface area contributed by atoms with E-state index in [1.807, 2.05) is 0 Å². The Hall–Kier alpha value is -1.64. The van der Waals surface area contributed by atoms with E-state index < -0.39 is 0 Å². The first-order valence-electron chi connectivity index (χ1n) is 7.02. The van der Waals surface area contributed by atoms with Gasteiger partial charge in [-0.1, -0.05) is 32.6 Å². The van der Waals surface area contributed by atoms with E-state index in [4.69, 9.17) is 0 Å². The fourth-order valence-electron chi connectivity index (χ4n) is 2.35. The summed E-state index contributed by atoms with van der Waals surface area (Å²) < 4.78 is 13.1. The first-order valence-corrected chi connectivity index (χ1v) is 7.02. The van der Waals surface area contributed by atoms with Crippen molar-refractivity contribution in [2.24, 2.45) is 0 Å². The Labute approximate surface area is 113 Å². The molecule has 1 aromatic carbocycles. The SMILES string of the molecule is CCCCCCCC(=O)c1c[nH]c2cc(F)ccc12. The number of hydrogen-bond donors (Lipinski definition) is 1. The molecule has 2 aromatic rings. The third-order valence-corrected chi connectivity index (χ3v) is 3.45. The van der Waals surface area contributed by atoms with Gasteiger partial charge in [0, 0.05) is 29.1 Å². The number of ketones is 1. The van der Waals surface area contributed by atoms with Crippen LogP contribution in [0.15, 0.2) is 24.4 Å². The summed E-state index contributed by atoms with van der Waals surface area (Å²) >= 11 is 0.